The van der Waals surface area contributed by atoms with Gasteiger partial charge >= 0.3 is 0 Å². The van der Waals surface area contributed by atoms with Gasteiger partial charge in [-0.15, -0.1) is 0 Å². The van der Waals surface area contributed by atoms with Crippen LogP contribution in [0.4, 0.5) is 5.69 Å². The van der Waals surface area contributed by atoms with Gasteiger partial charge in [0.05, 0.1) is 13.2 Å². The molecule has 25 heavy (non-hydrogen) atoms. The van der Waals surface area contributed by atoms with Gasteiger partial charge < -0.3 is 19.5 Å². The lowest BCUT2D eigenvalue weighted by Gasteiger charge is -2.19. The zero-order valence-electron chi connectivity index (χ0n) is 14.6. The Morgan fingerprint density at radius 2 is 2.16 bits per heavy atom. The van der Waals surface area contributed by atoms with E-state index in [9.17, 15) is 4.79 Å². The normalized spacial score (nSPS) is 22.9. The van der Waals surface area contributed by atoms with Crippen molar-refractivity contribution in [3.05, 3.63) is 41.8 Å². The predicted octanol–water partition coefficient (Wildman–Crippen LogP) is 2.82. The van der Waals surface area contributed by atoms with E-state index in [1.165, 1.54) is 0 Å². The molecule has 2 heterocycles. The van der Waals surface area contributed by atoms with Crippen molar-refractivity contribution in [2.24, 2.45) is 5.92 Å². The maximum Gasteiger partial charge on any atom is 0.273 e. The van der Waals surface area contributed by atoms with Crippen molar-refractivity contribution >= 4 is 11.6 Å². The molecule has 1 saturated heterocycles. The second kappa shape index (κ2) is 6.43. The van der Waals surface area contributed by atoms with E-state index >= 15 is 0 Å². The summed E-state index contributed by atoms with van der Waals surface area (Å²) in [5.41, 5.74) is 1.49. The van der Waals surface area contributed by atoms with E-state index in [-0.39, 0.29) is 11.9 Å². The van der Waals surface area contributed by atoms with Crippen molar-refractivity contribution in [3.8, 4) is 5.75 Å². The van der Waals surface area contributed by atoms with Gasteiger partial charge in [-0.2, -0.15) is 0 Å². The molecular formula is C19H23N3O3. The molecule has 1 aromatic heterocycles. The van der Waals surface area contributed by atoms with Crippen molar-refractivity contribution < 1.29 is 14.1 Å². The summed E-state index contributed by atoms with van der Waals surface area (Å²) < 4.78 is 10.6. The molecule has 1 aliphatic carbocycles. The minimum atomic E-state index is -0.153. The number of amides is 1. The Kier molecular flexibility index (Phi) is 4.11. The monoisotopic (exact) mass is 341 g/mol. The molecule has 0 bridgehead atoms. The molecule has 0 radical (unpaired) electrons. The highest BCUT2D eigenvalue weighted by molar-refractivity contribution is 5.92. The lowest BCUT2D eigenvalue weighted by Crippen LogP contribution is -2.40. The minimum Gasteiger partial charge on any atom is -0.497 e. The van der Waals surface area contributed by atoms with E-state index in [2.05, 4.69) is 28.4 Å². The summed E-state index contributed by atoms with van der Waals surface area (Å²) in [6.45, 7) is 3.82. The third-order valence-corrected chi connectivity index (χ3v) is 5.09. The van der Waals surface area contributed by atoms with E-state index in [1.54, 1.807) is 13.2 Å². The van der Waals surface area contributed by atoms with Crippen LogP contribution in [0.5, 0.6) is 5.75 Å². The number of benzene rings is 1. The van der Waals surface area contributed by atoms with Gasteiger partial charge in [-0.25, -0.2) is 0 Å². The number of rotatable bonds is 5. The Balaban J connectivity index is 1.41. The first-order valence-electron chi connectivity index (χ1n) is 8.80. The van der Waals surface area contributed by atoms with Crippen LogP contribution in [0.1, 0.15) is 41.9 Å². The number of methoxy groups -OCH3 is 1. The van der Waals surface area contributed by atoms with Crippen LogP contribution in [-0.2, 0) is 0 Å². The number of hydrogen-bond donors (Lipinski definition) is 1. The second-order valence-corrected chi connectivity index (χ2v) is 7.05. The fourth-order valence-electron chi connectivity index (χ4n) is 3.37. The molecule has 0 spiro atoms. The number of carbonyl (C=O) groups is 1. The molecule has 1 N–H and O–H groups in total. The number of aromatic nitrogens is 1. The maximum atomic E-state index is 12.5. The summed E-state index contributed by atoms with van der Waals surface area (Å²) in [5, 5.41) is 7.04. The Bertz CT molecular complexity index is 769. The summed E-state index contributed by atoms with van der Waals surface area (Å²) >= 11 is 0. The van der Waals surface area contributed by atoms with Crippen molar-refractivity contribution in [2.45, 2.75) is 31.7 Å². The second-order valence-electron chi connectivity index (χ2n) is 7.05. The van der Waals surface area contributed by atoms with Crippen LogP contribution in [0.15, 0.2) is 34.9 Å². The molecular weight excluding hydrogens is 318 g/mol. The van der Waals surface area contributed by atoms with Crippen LogP contribution in [0, 0.1) is 5.92 Å². The first-order chi connectivity index (χ1) is 12.1. The van der Waals surface area contributed by atoms with Crippen LogP contribution in [0.2, 0.25) is 0 Å². The number of anilines is 1. The van der Waals surface area contributed by atoms with Crippen LogP contribution >= 0.6 is 0 Å². The van der Waals surface area contributed by atoms with Gasteiger partial charge in [-0.3, -0.25) is 4.79 Å². The minimum absolute atomic E-state index is 0.0831. The average Bonchev–Trinajstić information content (AvgIpc) is 3.24. The zero-order valence-corrected chi connectivity index (χ0v) is 14.6. The SMILES string of the molecule is COc1cccc(N2C[C@@H](C)[C@@H](NC(=O)c3cc(C4CC4)on3)C2)c1. The van der Waals surface area contributed by atoms with Crippen molar-refractivity contribution in [1.82, 2.24) is 10.5 Å². The molecule has 6 heteroatoms. The molecule has 132 valence electrons. The number of carbonyl (C=O) groups excluding carboxylic acids is 1. The molecule has 1 amide bonds. The number of hydrogen-bond acceptors (Lipinski definition) is 5. The third kappa shape index (κ3) is 3.34. The molecule has 4 rings (SSSR count). The highest BCUT2D eigenvalue weighted by atomic mass is 16.5. The van der Waals surface area contributed by atoms with E-state index in [1.807, 2.05) is 18.2 Å². The Morgan fingerprint density at radius 3 is 2.92 bits per heavy atom. The van der Waals surface area contributed by atoms with Crippen LogP contribution < -0.4 is 15.0 Å². The average molecular weight is 341 g/mol. The van der Waals surface area contributed by atoms with Crippen LogP contribution in [-0.4, -0.2) is 37.3 Å². The number of nitrogens with zero attached hydrogens (tertiary/aromatic N) is 2. The van der Waals surface area contributed by atoms with E-state index in [0.29, 0.717) is 17.5 Å². The van der Waals surface area contributed by atoms with Gasteiger partial charge in [0.15, 0.2) is 5.69 Å². The molecule has 1 aromatic carbocycles. The van der Waals surface area contributed by atoms with Crippen LogP contribution in [0.3, 0.4) is 0 Å². The molecule has 2 fully saturated rings. The Hall–Kier alpha value is -2.50. The Morgan fingerprint density at radius 1 is 1.32 bits per heavy atom. The molecule has 0 unspecified atom stereocenters. The van der Waals surface area contributed by atoms with Crippen molar-refractivity contribution in [1.29, 1.82) is 0 Å². The van der Waals surface area contributed by atoms with Gasteiger partial charge in [0.2, 0.25) is 0 Å². The van der Waals surface area contributed by atoms with E-state index < -0.39 is 0 Å². The third-order valence-electron chi connectivity index (χ3n) is 5.09. The molecule has 2 atom stereocenters. The van der Waals surface area contributed by atoms with Gasteiger partial charge in [-0.1, -0.05) is 18.1 Å². The summed E-state index contributed by atoms with van der Waals surface area (Å²) in [7, 11) is 1.67. The first-order valence-corrected chi connectivity index (χ1v) is 8.80. The molecule has 2 aliphatic rings. The quantitative estimate of drug-likeness (QED) is 0.906. The molecule has 6 nitrogen and oxygen atoms in total. The van der Waals surface area contributed by atoms with Gasteiger partial charge in [0.1, 0.15) is 11.5 Å². The van der Waals surface area contributed by atoms with Gasteiger partial charge in [-0.05, 0) is 30.9 Å². The highest BCUT2D eigenvalue weighted by Crippen LogP contribution is 2.40. The number of nitrogens with one attached hydrogen (secondary N) is 1. The first kappa shape index (κ1) is 16.0. The standard InChI is InChI=1S/C19H23N3O3/c1-12-10-22(14-4-3-5-15(8-14)24-2)11-17(12)20-19(23)16-9-18(25-21-16)13-6-7-13/h3-5,8-9,12-13,17H,6-7,10-11H2,1-2H3,(H,20,23)/t12-,17+/m1/s1. The summed E-state index contributed by atoms with van der Waals surface area (Å²) in [5.74, 6) is 2.34. The topological polar surface area (TPSA) is 67.6 Å². The van der Waals surface area contributed by atoms with Gasteiger partial charge in [0.25, 0.3) is 5.91 Å². The molecule has 1 saturated carbocycles. The maximum absolute atomic E-state index is 12.5. The van der Waals surface area contributed by atoms with E-state index in [0.717, 1.165) is 43.1 Å². The highest BCUT2D eigenvalue weighted by Gasteiger charge is 2.33. The fraction of sp³-hybridized carbons (Fsp3) is 0.474. The molecule has 1 aliphatic heterocycles. The van der Waals surface area contributed by atoms with E-state index in [4.69, 9.17) is 9.26 Å². The van der Waals surface area contributed by atoms with Crippen molar-refractivity contribution in [3.63, 3.8) is 0 Å². The lowest BCUT2D eigenvalue weighted by atomic mass is 10.1. The number of ether oxygens (including phenoxy) is 1. The van der Waals surface area contributed by atoms with Gasteiger partial charge in [0, 0.05) is 36.8 Å². The smallest absolute Gasteiger partial charge is 0.273 e. The van der Waals surface area contributed by atoms with Crippen LogP contribution in [0.25, 0.3) is 0 Å². The predicted molar refractivity (Wildman–Crippen MR) is 94.1 cm³/mol. The Labute approximate surface area is 147 Å². The fourth-order valence-corrected chi connectivity index (χ4v) is 3.37. The lowest BCUT2D eigenvalue weighted by molar-refractivity contribution is 0.0924. The summed E-state index contributed by atoms with van der Waals surface area (Å²) in [6.07, 6.45) is 2.26. The largest absolute Gasteiger partial charge is 0.497 e. The zero-order chi connectivity index (χ0) is 17.4. The van der Waals surface area contributed by atoms with Crippen molar-refractivity contribution in [2.75, 3.05) is 25.1 Å². The molecule has 2 aromatic rings. The summed E-state index contributed by atoms with van der Waals surface area (Å²) in [6, 6.07) is 9.88. The summed E-state index contributed by atoms with van der Waals surface area (Å²) in [4.78, 5) is 14.7.